The first-order chi connectivity index (χ1) is 11.8. The van der Waals surface area contributed by atoms with Crippen molar-refractivity contribution in [3.8, 4) is 5.75 Å². The molecule has 8 heteroatoms. The fourth-order valence-corrected chi connectivity index (χ4v) is 2.89. The number of alkyl halides is 3. The Kier molecular flexibility index (Phi) is 7.01. The molecule has 2 aromatic rings. The molecule has 0 heterocycles. The third kappa shape index (κ3) is 7.27. The number of benzene rings is 2. The highest BCUT2D eigenvalue weighted by Gasteiger charge is 2.28. The second-order valence-electron chi connectivity index (χ2n) is 5.04. The Labute approximate surface area is 152 Å². The molecule has 2 aromatic carbocycles. The molecule has 0 radical (unpaired) electrons. The molecule has 0 atom stereocenters. The number of hydrogen-bond donors (Lipinski definition) is 1. The summed E-state index contributed by atoms with van der Waals surface area (Å²) in [5, 5.41) is 3.33. The van der Waals surface area contributed by atoms with E-state index in [0.29, 0.717) is 5.02 Å². The molecule has 0 spiro atoms. The zero-order valence-corrected chi connectivity index (χ0v) is 14.5. The van der Waals surface area contributed by atoms with Gasteiger partial charge in [-0.2, -0.15) is 13.2 Å². The molecule has 0 aromatic heterocycles. The Morgan fingerprint density at radius 2 is 1.80 bits per heavy atom. The lowest BCUT2D eigenvalue weighted by Crippen LogP contribution is -2.24. The molecule has 1 amide bonds. The Morgan fingerprint density at radius 1 is 1.12 bits per heavy atom. The lowest BCUT2D eigenvalue weighted by molar-refractivity contribution is -0.153. The SMILES string of the molecule is O=C(CSc1ccccc1Cl)NCc1ccc(OCC(F)(F)F)cc1. The van der Waals surface area contributed by atoms with E-state index in [1.807, 2.05) is 18.2 Å². The zero-order chi connectivity index (χ0) is 18.3. The summed E-state index contributed by atoms with van der Waals surface area (Å²) in [5.74, 6) is 0.181. The molecule has 134 valence electrons. The van der Waals surface area contributed by atoms with Gasteiger partial charge in [-0.25, -0.2) is 0 Å². The predicted molar refractivity (Wildman–Crippen MR) is 92.0 cm³/mol. The van der Waals surface area contributed by atoms with Crippen LogP contribution in [-0.2, 0) is 11.3 Å². The third-order valence-electron chi connectivity index (χ3n) is 3.01. The van der Waals surface area contributed by atoms with Gasteiger partial charge in [0.25, 0.3) is 0 Å². The summed E-state index contributed by atoms with van der Waals surface area (Å²) >= 11 is 7.35. The van der Waals surface area contributed by atoms with Gasteiger partial charge in [0.05, 0.1) is 10.8 Å². The van der Waals surface area contributed by atoms with Crippen LogP contribution in [0, 0.1) is 0 Å². The topological polar surface area (TPSA) is 38.3 Å². The van der Waals surface area contributed by atoms with Crippen LogP contribution in [-0.4, -0.2) is 24.4 Å². The lowest BCUT2D eigenvalue weighted by Gasteiger charge is -2.10. The van der Waals surface area contributed by atoms with Crippen molar-refractivity contribution in [2.24, 2.45) is 0 Å². The summed E-state index contributed by atoms with van der Waals surface area (Å²) < 4.78 is 40.8. The van der Waals surface area contributed by atoms with Crippen molar-refractivity contribution in [1.29, 1.82) is 0 Å². The minimum Gasteiger partial charge on any atom is -0.484 e. The van der Waals surface area contributed by atoms with Crippen LogP contribution in [0.3, 0.4) is 0 Å². The first kappa shape index (κ1) is 19.5. The van der Waals surface area contributed by atoms with Crippen LogP contribution in [0.1, 0.15) is 5.56 Å². The average molecular weight is 390 g/mol. The maximum Gasteiger partial charge on any atom is 0.422 e. The number of amides is 1. The molecule has 25 heavy (non-hydrogen) atoms. The summed E-state index contributed by atoms with van der Waals surface area (Å²) in [6, 6.07) is 13.3. The van der Waals surface area contributed by atoms with Crippen molar-refractivity contribution < 1.29 is 22.7 Å². The molecule has 0 saturated carbocycles. The highest BCUT2D eigenvalue weighted by atomic mass is 35.5. The summed E-state index contributed by atoms with van der Waals surface area (Å²) in [4.78, 5) is 12.7. The smallest absolute Gasteiger partial charge is 0.422 e. The zero-order valence-electron chi connectivity index (χ0n) is 13.0. The molecule has 3 nitrogen and oxygen atoms in total. The number of ether oxygens (including phenoxy) is 1. The Hall–Kier alpha value is -1.86. The monoisotopic (exact) mass is 389 g/mol. The number of hydrogen-bond acceptors (Lipinski definition) is 3. The second-order valence-corrected chi connectivity index (χ2v) is 6.47. The first-order valence-corrected chi connectivity index (χ1v) is 8.62. The third-order valence-corrected chi connectivity index (χ3v) is 4.53. The van der Waals surface area contributed by atoms with Crippen LogP contribution >= 0.6 is 23.4 Å². The molecule has 0 bridgehead atoms. The van der Waals surface area contributed by atoms with Crippen LogP contribution in [0.5, 0.6) is 5.75 Å². The van der Waals surface area contributed by atoms with Crippen LogP contribution in [0.4, 0.5) is 13.2 Å². The Balaban J connectivity index is 1.75. The normalized spacial score (nSPS) is 11.2. The van der Waals surface area contributed by atoms with E-state index in [1.165, 1.54) is 23.9 Å². The minimum atomic E-state index is -4.37. The van der Waals surface area contributed by atoms with Gasteiger partial charge in [0, 0.05) is 11.4 Å². The highest BCUT2D eigenvalue weighted by molar-refractivity contribution is 8.00. The molecule has 0 aliphatic heterocycles. The fraction of sp³-hybridized carbons (Fsp3) is 0.235. The highest BCUT2D eigenvalue weighted by Crippen LogP contribution is 2.26. The van der Waals surface area contributed by atoms with E-state index in [0.717, 1.165) is 10.5 Å². The van der Waals surface area contributed by atoms with E-state index >= 15 is 0 Å². The van der Waals surface area contributed by atoms with Crippen LogP contribution < -0.4 is 10.1 Å². The summed E-state index contributed by atoms with van der Waals surface area (Å²) in [6.07, 6.45) is -4.37. The molecular weight excluding hydrogens is 375 g/mol. The maximum absolute atomic E-state index is 12.1. The van der Waals surface area contributed by atoms with E-state index in [1.54, 1.807) is 18.2 Å². The average Bonchev–Trinajstić information content (AvgIpc) is 2.57. The van der Waals surface area contributed by atoms with Crippen molar-refractivity contribution >= 4 is 29.3 Å². The van der Waals surface area contributed by atoms with Gasteiger partial charge in [0.2, 0.25) is 5.91 Å². The van der Waals surface area contributed by atoms with Gasteiger partial charge < -0.3 is 10.1 Å². The quantitative estimate of drug-likeness (QED) is 0.698. The number of carbonyl (C=O) groups excluding carboxylic acids is 1. The largest absolute Gasteiger partial charge is 0.484 e. The lowest BCUT2D eigenvalue weighted by atomic mass is 10.2. The number of rotatable bonds is 7. The fourth-order valence-electron chi connectivity index (χ4n) is 1.83. The number of thioether (sulfide) groups is 1. The molecule has 1 N–H and O–H groups in total. The van der Waals surface area contributed by atoms with E-state index < -0.39 is 12.8 Å². The van der Waals surface area contributed by atoms with Crippen molar-refractivity contribution in [3.63, 3.8) is 0 Å². The van der Waals surface area contributed by atoms with Crippen LogP contribution in [0.2, 0.25) is 5.02 Å². The molecule has 0 fully saturated rings. The number of carbonyl (C=O) groups is 1. The maximum atomic E-state index is 12.1. The van der Waals surface area contributed by atoms with Gasteiger partial charge in [0.1, 0.15) is 5.75 Å². The van der Waals surface area contributed by atoms with Crippen LogP contribution in [0.15, 0.2) is 53.4 Å². The number of halogens is 4. The van der Waals surface area contributed by atoms with Gasteiger partial charge in [-0.1, -0.05) is 35.9 Å². The summed E-state index contributed by atoms with van der Waals surface area (Å²) in [7, 11) is 0. The molecule has 0 unspecified atom stereocenters. The summed E-state index contributed by atoms with van der Waals surface area (Å²) in [5.41, 5.74) is 0.760. The molecule has 2 rings (SSSR count). The van der Waals surface area contributed by atoms with Crippen LogP contribution in [0.25, 0.3) is 0 Å². The van der Waals surface area contributed by atoms with E-state index in [9.17, 15) is 18.0 Å². The van der Waals surface area contributed by atoms with E-state index in [-0.39, 0.29) is 24.0 Å². The van der Waals surface area contributed by atoms with Crippen molar-refractivity contribution in [3.05, 3.63) is 59.1 Å². The van der Waals surface area contributed by atoms with E-state index in [2.05, 4.69) is 10.1 Å². The van der Waals surface area contributed by atoms with Crippen molar-refractivity contribution in [2.45, 2.75) is 17.6 Å². The van der Waals surface area contributed by atoms with Crippen molar-refractivity contribution in [2.75, 3.05) is 12.4 Å². The molecule has 0 aliphatic rings. The Morgan fingerprint density at radius 3 is 2.44 bits per heavy atom. The van der Waals surface area contributed by atoms with Gasteiger partial charge in [-0.15, -0.1) is 11.8 Å². The summed E-state index contributed by atoms with van der Waals surface area (Å²) in [6.45, 7) is -1.05. The number of nitrogens with one attached hydrogen (secondary N) is 1. The van der Waals surface area contributed by atoms with Gasteiger partial charge >= 0.3 is 6.18 Å². The Bertz CT molecular complexity index is 708. The van der Waals surface area contributed by atoms with Gasteiger partial charge in [-0.05, 0) is 29.8 Å². The standard InChI is InChI=1S/C17H15ClF3NO2S/c18-14-3-1-2-4-15(14)25-10-16(23)22-9-12-5-7-13(8-6-12)24-11-17(19,20)21/h1-8H,9-11H2,(H,22,23). The molecule has 0 aliphatic carbocycles. The van der Waals surface area contributed by atoms with Crippen molar-refractivity contribution in [1.82, 2.24) is 5.32 Å². The molecular formula is C17H15ClF3NO2S. The molecule has 0 saturated heterocycles. The second kappa shape index (κ2) is 9.01. The van der Waals surface area contributed by atoms with Gasteiger partial charge in [0.15, 0.2) is 6.61 Å². The van der Waals surface area contributed by atoms with Gasteiger partial charge in [-0.3, -0.25) is 4.79 Å². The first-order valence-electron chi connectivity index (χ1n) is 7.26. The minimum absolute atomic E-state index is 0.127. The predicted octanol–water partition coefficient (Wildman–Crippen LogP) is 4.69. The van der Waals surface area contributed by atoms with E-state index in [4.69, 9.17) is 11.6 Å².